The molecule has 0 saturated heterocycles. The van der Waals surface area contributed by atoms with Gasteiger partial charge >= 0.3 is 0 Å². The lowest BCUT2D eigenvalue weighted by molar-refractivity contribution is 0.174. The monoisotopic (exact) mass is 379 g/mol. The number of benzene rings is 2. The first-order valence-corrected chi connectivity index (χ1v) is 8.69. The summed E-state index contributed by atoms with van der Waals surface area (Å²) in [4.78, 5) is 4.68. The van der Waals surface area contributed by atoms with Gasteiger partial charge in [0.05, 0.1) is 5.02 Å². The van der Waals surface area contributed by atoms with Gasteiger partial charge in [0, 0.05) is 23.5 Å². The lowest BCUT2D eigenvalue weighted by Gasteiger charge is -2.10. The van der Waals surface area contributed by atoms with Crippen LogP contribution in [0.25, 0.3) is 16.9 Å². The highest BCUT2D eigenvalue weighted by atomic mass is 35.5. The summed E-state index contributed by atoms with van der Waals surface area (Å²) in [5.74, 6) is 2.23. The molecule has 0 radical (unpaired) electrons. The molecule has 134 valence electrons. The molecule has 1 aliphatic heterocycles. The summed E-state index contributed by atoms with van der Waals surface area (Å²) in [6, 6.07) is 16.3. The van der Waals surface area contributed by atoms with E-state index in [1.165, 1.54) is 0 Å². The number of aromatic hydroxyl groups is 1. The van der Waals surface area contributed by atoms with E-state index in [2.05, 4.69) is 10.3 Å². The van der Waals surface area contributed by atoms with Crippen molar-refractivity contribution in [1.82, 2.24) is 9.38 Å². The number of nitrogens with zero attached hydrogens (tertiary/aromatic N) is 2. The Morgan fingerprint density at radius 1 is 1.04 bits per heavy atom. The Kier molecular flexibility index (Phi) is 3.58. The van der Waals surface area contributed by atoms with Crippen LogP contribution in [0, 0.1) is 0 Å². The maximum Gasteiger partial charge on any atom is 0.231 e. The number of hydrogen-bond acceptors (Lipinski definition) is 5. The van der Waals surface area contributed by atoms with Crippen molar-refractivity contribution in [2.75, 3.05) is 12.1 Å². The van der Waals surface area contributed by atoms with Crippen LogP contribution in [0.2, 0.25) is 5.02 Å². The van der Waals surface area contributed by atoms with Crippen LogP contribution in [0.1, 0.15) is 0 Å². The summed E-state index contributed by atoms with van der Waals surface area (Å²) >= 11 is 6.19. The number of phenolic OH excluding ortho intramolecular Hbond substituents is 1. The predicted octanol–water partition coefficient (Wildman–Crippen LogP) is 4.83. The number of anilines is 2. The van der Waals surface area contributed by atoms with Crippen LogP contribution in [-0.4, -0.2) is 21.3 Å². The third-order valence-corrected chi connectivity index (χ3v) is 4.60. The normalized spacial score (nSPS) is 12.5. The molecule has 3 heterocycles. The van der Waals surface area contributed by atoms with E-state index in [1.807, 2.05) is 40.8 Å². The minimum absolute atomic E-state index is 0.153. The first-order chi connectivity index (χ1) is 13.2. The summed E-state index contributed by atoms with van der Waals surface area (Å²) in [6.07, 6.45) is 1.78. The highest BCUT2D eigenvalue weighted by Gasteiger charge is 2.19. The quantitative estimate of drug-likeness (QED) is 0.533. The predicted molar refractivity (Wildman–Crippen MR) is 103 cm³/mol. The molecule has 0 unspecified atom stereocenters. The molecular formula is C20H14ClN3O3. The number of rotatable bonds is 3. The van der Waals surface area contributed by atoms with E-state index in [0.29, 0.717) is 39.2 Å². The zero-order valence-corrected chi connectivity index (χ0v) is 14.8. The van der Waals surface area contributed by atoms with Crippen molar-refractivity contribution in [2.24, 2.45) is 0 Å². The standard InChI is InChI=1S/C20H14ClN3O3/c21-12-5-8-18-23-19(14-3-1-2-4-15(14)25)20(24(18)10-12)22-13-6-7-16-17(9-13)27-11-26-16/h1-10,22,25H,11H2. The van der Waals surface area contributed by atoms with Crippen molar-refractivity contribution < 1.29 is 14.6 Å². The molecule has 0 amide bonds. The molecule has 4 aromatic rings. The van der Waals surface area contributed by atoms with Gasteiger partial charge in [-0.25, -0.2) is 4.98 Å². The largest absolute Gasteiger partial charge is 0.507 e. The lowest BCUT2D eigenvalue weighted by Crippen LogP contribution is -1.97. The van der Waals surface area contributed by atoms with Crippen LogP contribution in [0.5, 0.6) is 17.2 Å². The molecule has 2 N–H and O–H groups in total. The summed E-state index contributed by atoms with van der Waals surface area (Å²) < 4.78 is 12.7. The molecule has 6 nitrogen and oxygen atoms in total. The maximum absolute atomic E-state index is 10.3. The summed E-state index contributed by atoms with van der Waals surface area (Å²) in [6.45, 7) is 0.215. The van der Waals surface area contributed by atoms with E-state index < -0.39 is 0 Å². The second-order valence-corrected chi connectivity index (χ2v) is 6.53. The van der Waals surface area contributed by atoms with Gasteiger partial charge in [0.15, 0.2) is 11.5 Å². The zero-order chi connectivity index (χ0) is 18.4. The first-order valence-electron chi connectivity index (χ1n) is 8.32. The van der Waals surface area contributed by atoms with Gasteiger partial charge in [0.25, 0.3) is 0 Å². The van der Waals surface area contributed by atoms with Crippen molar-refractivity contribution in [3.63, 3.8) is 0 Å². The fourth-order valence-corrected chi connectivity index (χ4v) is 3.27. The molecule has 27 heavy (non-hydrogen) atoms. The SMILES string of the molecule is Oc1ccccc1-c1nc2ccc(Cl)cn2c1Nc1ccc2c(c1)OCO2. The third-order valence-electron chi connectivity index (χ3n) is 4.38. The van der Waals surface area contributed by atoms with Gasteiger partial charge in [-0.15, -0.1) is 0 Å². The number of ether oxygens (including phenoxy) is 2. The number of halogens is 1. The smallest absolute Gasteiger partial charge is 0.231 e. The molecule has 5 rings (SSSR count). The Hall–Kier alpha value is -3.38. The van der Waals surface area contributed by atoms with Crippen LogP contribution in [0.3, 0.4) is 0 Å². The van der Waals surface area contributed by atoms with E-state index >= 15 is 0 Å². The summed E-state index contributed by atoms with van der Waals surface area (Å²) in [5.41, 5.74) is 2.76. The van der Waals surface area contributed by atoms with Crippen molar-refractivity contribution in [3.8, 4) is 28.5 Å². The first kappa shape index (κ1) is 15.8. The van der Waals surface area contributed by atoms with Gasteiger partial charge in [-0.3, -0.25) is 4.40 Å². The van der Waals surface area contributed by atoms with Gasteiger partial charge in [-0.2, -0.15) is 0 Å². The van der Waals surface area contributed by atoms with Crippen LogP contribution in [0.4, 0.5) is 11.5 Å². The number of aromatic nitrogens is 2. The number of imidazole rings is 1. The van der Waals surface area contributed by atoms with Crippen LogP contribution >= 0.6 is 11.6 Å². The fourth-order valence-electron chi connectivity index (χ4n) is 3.11. The van der Waals surface area contributed by atoms with E-state index in [1.54, 1.807) is 24.4 Å². The number of nitrogens with one attached hydrogen (secondary N) is 1. The number of phenols is 1. The average Bonchev–Trinajstić information content (AvgIpc) is 3.27. The molecule has 2 aromatic carbocycles. The Balaban J connectivity index is 1.68. The van der Waals surface area contributed by atoms with Gasteiger partial charge in [0.2, 0.25) is 6.79 Å². The minimum Gasteiger partial charge on any atom is -0.507 e. The maximum atomic E-state index is 10.3. The van der Waals surface area contributed by atoms with Crippen LogP contribution in [-0.2, 0) is 0 Å². The van der Waals surface area contributed by atoms with Gasteiger partial charge in [-0.1, -0.05) is 23.7 Å². The molecule has 0 spiro atoms. The Morgan fingerprint density at radius 2 is 1.89 bits per heavy atom. The van der Waals surface area contributed by atoms with Crippen molar-refractivity contribution in [3.05, 3.63) is 65.8 Å². The van der Waals surface area contributed by atoms with E-state index in [-0.39, 0.29) is 12.5 Å². The van der Waals surface area contributed by atoms with Crippen molar-refractivity contribution >= 4 is 28.8 Å². The molecule has 0 saturated carbocycles. The van der Waals surface area contributed by atoms with Gasteiger partial charge in [-0.05, 0) is 36.4 Å². The van der Waals surface area contributed by atoms with Gasteiger partial charge < -0.3 is 19.9 Å². The van der Waals surface area contributed by atoms with Crippen molar-refractivity contribution in [2.45, 2.75) is 0 Å². The Morgan fingerprint density at radius 3 is 2.78 bits per heavy atom. The topological polar surface area (TPSA) is 68.0 Å². The second kappa shape index (κ2) is 6.10. The molecule has 0 fully saturated rings. The molecule has 0 bridgehead atoms. The van der Waals surface area contributed by atoms with Gasteiger partial charge in [0.1, 0.15) is 22.9 Å². The molecule has 2 aromatic heterocycles. The Bertz CT molecular complexity index is 1170. The molecule has 7 heteroatoms. The molecule has 0 aliphatic carbocycles. The van der Waals surface area contributed by atoms with E-state index in [9.17, 15) is 5.11 Å². The van der Waals surface area contributed by atoms with Crippen LogP contribution < -0.4 is 14.8 Å². The summed E-state index contributed by atoms with van der Waals surface area (Å²) in [5, 5.41) is 14.3. The van der Waals surface area contributed by atoms with Crippen molar-refractivity contribution in [1.29, 1.82) is 0 Å². The van der Waals surface area contributed by atoms with E-state index in [4.69, 9.17) is 21.1 Å². The number of fused-ring (bicyclic) bond motifs is 2. The fraction of sp³-hybridized carbons (Fsp3) is 0.0500. The number of para-hydroxylation sites is 1. The summed E-state index contributed by atoms with van der Waals surface area (Å²) in [7, 11) is 0. The molecule has 0 atom stereocenters. The van der Waals surface area contributed by atoms with Crippen LogP contribution in [0.15, 0.2) is 60.8 Å². The van der Waals surface area contributed by atoms with E-state index in [0.717, 1.165) is 5.69 Å². The number of hydrogen-bond donors (Lipinski definition) is 2. The third kappa shape index (κ3) is 2.71. The minimum atomic E-state index is 0.153. The average molecular weight is 380 g/mol. The lowest BCUT2D eigenvalue weighted by atomic mass is 10.1. The Labute approximate surface area is 159 Å². The molecule has 1 aliphatic rings. The highest BCUT2D eigenvalue weighted by molar-refractivity contribution is 6.30. The number of pyridine rings is 1. The molecular weight excluding hydrogens is 366 g/mol. The second-order valence-electron chi connectivity index (χ2n) is 6.09. The highest BCUT2D eigenvalue weighted by Crippen LogP contribution is 2.39. The zero-order valence-electron chi connectivity index (χ0n) is 14.0.